The second-order valence-corrected chi connectivity index (χ2v) is 6.86. The molecule has 0 atom stereocenters. The first kappa shape index (κ1) is 16.5. The Kier molecular flexibility index (Phi) is 4.32. The molecule has 122 valence electrons. The van der Waals surface area contributed by atoms with Crippen LogP contribution in [0, 0.1) is 41.5 Å². The Bertz CT molecular complexity index is 884. The van der Waals surface area contributed by atoms with E-state index in [1.807, 2.05) is 0 Å². The number of aryl methyl sites for hydroxylation is 1. The molecule has 0 N–H and O–H groups in total. The van der Waals surface area contributed by atoms with Gasteiger partial charge < -0.3 is 0 Å². The Hall–Kier alpha value is -2.34. The van der Waals surface area contributed by atoms with E-state index in [-0.39, 0.29) is 0 Å². The summed E-state index contributed by atoms with van der Waals surface area (Å²) in [6, 6.07) is 17.5. The van der Waals surface area contributed by atoms with Crippen LogP contribution in [0.25, 0.3) is 22.3 Å². The summed E-state index contributed by atoms with van der Waals surface area (Å²) in [5.74, 6) is 0. The van der Waals surface area contributed by atoms with Crippen molar-refractivity contribution in [3.05, 3.63) is 81.9 Å². The molecule has 3 rings (SSSR count). The lowest BCUT2D eigenvalue weighted by Crippen LogP contribution is -2.00. The molecule has 0 saturated heterocycles. The van der Waals surface area contributed by atoms with Gasteiger partial charge in [-0.15, -0.1) is 0 Å². The van der Waals surface area contributed by atoms with E-state index in [1.54, 1.807) is 0 Å². The second-order valence-electron chi connectivity index (χ2n) is 6.86. The maximum absolute atomic E-state index is 2.27. The van der Waals surface area contributed by atoms with Crippen molar-refractivity contribution in [2.24, 2.45) is 0 Å². The molecular weight excluding hydrogens is 288 g/mol. The van der Waals surface area contributed by atoms with Crippen LogP contribution in [0.3, 0.4) is 0 Å². The minimum absolute atomic E-state index is 1.32. The zero-order valence-electron chi connectivity index (χ0n) is 15.6. The van der Waals surface area contributed by atoms with Gasteiger partial charge in [-0.1, -0.05) is 48.5 Å². The molecule has 0 bridgehead atoms. The zero-order chi connectivity index (χ0) is 17.4. The molecule has 0 heterocycles. The molecule has 0 spiro atoms. The highest BCUT2D eigenvalue weighted by Crippen LogP contribution is 2.39. The quantitative estimate of drug-likeness (QED) is 0.484. The van der Waals surface area contributed by atoms with Crippen molar-refractivity contribution >= 4 is 0 Å². The molecule has 0 saturated carbocycles. The lowest BCUT2D eigenvalue weighted by molar-refractivity contribution is 1.18. The van der Waals surface area contributed by atoms with Crippen molar-refractivity contribution in [1.82, 2.24) is 0 Å². The molecule has 0 aromatic heterocycles. The van der Waals surface area contributed by atoms with E-state index in [0.29, 0.717) is 0 Å². The van der Waals surface area contributed by atoms with Gasteiger partial charge in [0.15, 0.2) is 0 Å². The highest BCUT2D eigenvalue weighted by molar-refractivity contribution is 5.88. The fourth-order valence-electron chi connectivity index (χ4n) is 3.72. The molecule has 0 nitrogen and oxygen atoms in total. The van der Waals surface area contributed by atoms with Crippen molar-refractivity contribution in [3.8, 4) is 22.3 Å². The third kappa shape index (κ3) is 2.57. The minimum Gasteiger partial charge on any atom is -0.0620 e. The first-order valence-electron chi connectivity index (χ1n) is 8.65. The largest absolute Gasteiger partial charge is 0.0620 e. The summed E-state index contributed by atoms with van der Waals surface area (Å²) < 4.78 is 0. The summed E-state index contributed by atoms with van der Waals surface area (Å²) in [4.78, 5) is 0. The monoisotopic (exact) mass is 314 g/mol. The molecule has 0 aliphatic rings. The first-order chi connectivity index (χ1) is 11.4. The van der Waals surface area contributed by atoms with Crippen molar-refractivity contribution in [3.63, 3.8) is 0 Å². The molecule has 0 aliphatic heterocycles. The highest BCUT2D eigenvalue weighted by Gasteiger charge is 2.17. The molecule has 24 heavy (non-hydrogen) atoms. The van der Waals surface area contributed by atoms with Gasteiger partial charge in [0.25, 0.3) is 0 Å². The lowest BCUT2D eigenvalue weighted by atomic mass is 9.83. The van der Waals surface area contributed by atoms with Gasteiger partial charge in [-0.3, -0.25) is 0 Å². The molecule has 0 radical (unpaired) electrons. The van der Waals surface area contributed by atoms with Crippen molar-refractivity contribution in [2.45, 2.75) is 41.5 Å². The molecule has 0 fully saturated rings. The lowest BCUT2D eigenvalue weighted by Gasteiger charge is -2.21. The van der Waals surface area contributed by atoms with Gasteiger partial charge in [0.05, 0.1) is 0 Å². The van der Waals surface area contributed by atoms with E-state index in [0.717, 1.165) is 0 Å². The Labute approximate surface area is 146 Å². The maximum atomic E-state index is 2.27. The van der Waals surface area contributed by atoms with Crippen molar-refractivity contribution < 1.29 is 0 Å². The predicted molar refractivity (Wildman–Crippen MR) is 106 cm³/mol. The molecule has 0 heteroatoms. The van der Waals surface area contributed by atoms with E-state index in [4.69, 9.17) is 0 Å². The molecule has 3 aromatic carbocycles. The van der Waals surface area contributed by atoms with Crippen LogP contribution >= 0.6 is 0 Å². The topological polar surface area (TPSA) is 0 Å². The zero-order valence-corrected chi connectivity index (χ0v) is 15.6. The minimum atomic E-state index is 1.32. The highest BCUT2D eigenvalue weighted by atomic mass is 14.2. The molecule has 0 amide bonds. The van der Waals surface area contributed by atoms with E-state index in [9.17, 15) is 0 Å². The van der Waals surface area contributed by atoms with Crippen LogP contribution < -0.4 is 0 Å². The Morgan fingerprint density at radius 3 is 1.38 bits per heavy atom. The Morgan fingerprint density at radius 1 is 0.417 bits per heavy atom. The average Bonchev–Trinajstić information content (AvgIpc) is 2.59. The fraction of sp³-hybridized carbons (Fsp3) is 0.250. The first-order valence-corrected chi connectivity index (χ1v) is 8.65. The van der Waals surface area contributed by atoms with Crippen LogP contribution in [0.15, 0.2) is 48.5 Å². The van der Waals surface area contributed by atoms with Gasteiger partial charge in [-0.25, -0.2) is 0 Å². The summed E-state index contributed by atoms with van der Waals surface area (Å²) in [6.45, 7) is 13.4. The number of hydrogen-bond acceptors (Lipinski definition) is 0. The van der Waals surface area contributed by atoms with Crippen molar-refractivity contribution in [1.29, 1.82) is 0 Å². The van der Waals surface area contributed by atoms with E-state index < -0.39 is 0 Å². The summed E-state index contributed by atoms with van der Waals surface area (Å²) in [5, 5.41) is 0. The normalized spacial score (nSPS) is 10.9. The molecule has 3 aromatic rings. The summed E-state index contributed by atoms with van der Waals surface area (Å²) in [6.07, 6.45) is 0. The van der Waals surface area contributed by atoms with Crippen LogP contribution in [0.5, 0.6) is 0 Å². The van der Waals surface area contributed by atoms with Gasteiger partial charge in [-0.2, -0.15) is 0 Å². The number of hydrogen-bond donors (Lipinski definition) is 0. The Balaban J connectivity index is 2.37. The number of rotatable bonds is 2. The smallest absolute Gasteiger partial charge is 0.00998 e. The van der Waals surface area contributed by atoms with Crippen LogP contribution in [0.4, 0.5) is 0 Å². The third-order valence-electron chi connectivity index (χ3n) is 5.63. The molecule has 0 unspecified atom stereocenters. The molecule has 0 aliphatic carbocycles. The van der Waals surface area contributed by atoms with Gasteiger partial charge in [0.1, 0.15) is 0 Å². The van der Waals surface area contributed by atoms with Crippen LogP contribution in [0.1, 0.15) is 33.4 Å². The molecular formula is C24H26. The van der Waals surface area contributed by atoms with E-state index in [2.05, 4.69) is 90.1 Å². The van der Waals surface area contributed by atoms with E-state index >= 15 is 0 Å². The predicted octanol–water partition coefficient (Wildman–Crippen LogP) is 6.87. The number of benzene rings is 3. The summed E-state index contributed by atoms with van der Waals surface area (Å²) in [7, 11) is 0. The fourth-order valence-corrected chi connectivity index (χ4v) is 3.72. The third-order valence-corrected chi connectivity index (χ3v) is 5.63. The van der Waals surface area contributed by atoms with Gasteiger partial charge in [-0.05, 0) is 97.2 Å². The summed E-state index contributed by atoms with van der Waals surface area (Å²) in [5.41, 5.74) is 13.7. The van der Waals surface area contributed by atoms with Crippen LogP contribution in [0.2, 0.25) is 0 Å². The van der Waals surface area contributed by atoms with Crippen molar-refractivity contribution in [2.75, 3.05) is 0 Å². The van der Waals surface area contributed by atoms with Gasteiger partial charge >= 0.3 is 0 Å². The SMILES string of the molecule is Cc1ccccc1-c1ccccc1-c1c(C)c(C)c(C)c(C)c1C. The second kappa shape index (κ2) is 6.28. The van der Waals surface area contributed by atoms with Gasteiger partial charge in [0, 0.05) is 0 Å². The summed E-state index contributed by atoms with van der Waals surface area (Å²) >= 11 is 0. The van der Waals surface area contributed by atoms with E-state index in [1.165, 1.54) is 55.6 Å². The standard InChI is InChI=1S/C24H26/c1-15-11-7-8-12-21(15)22-13-9-10-14-23(22)24-19(5)17(3)16(2)18(4)20(24)6/h7-14H,1-6H3. The Morgan fingerprint density at radius 2 is 0.833 bits per heavy atom. The average molecular weight is 314 g/mol. The maximum Gasteiger partial charge on any atom is -0.00998 e. The van der Waals surface area contributed by atoms with Crippen LogP contribution in [-0.2, 0) is 0 Å². The van der Waals surface area contributed by atoms with Gasteiger partial charge in [0.2, 0.25) is 0 Å². The van der Waals surface area contributed by atoms with Crippen LogP contribution in [-0.4, -0.2) is 0 Å².